The Balaban J connectivity index is 2.44. The van der Waals surface area contributed by atoms with Gasteiger partial charge in [-0.25, -0.2) is 4.39 Å². The topological polar surface area (TPSA) is 67.9 Å². The summed E-state index contributed by atoms with van der Waals surface area (Å²) in [6, 6.07) is 5.98. The second kappa shape index (κ2) is 5.60. The van der Waals surface area contributed by atoms with Gasteiger partial charge in [0.1, 0.15) is 5.82 Å². The maximum absolute atomic E-state index is 12.9. The van der Waals surface area contributed by atoms with E-state index in [-0.39, 0.29) is 11.8 Å². The Hall–Kier alpha value is -2.24. The lowest BCUT2D eigenvalue weighted by Gasteiger charge is -2.18. The molecule has 0 aliphatic carbocycles. The van der Waals surface area contributed by atoms with Crippen molar-refractivity contribution in [3.8, 4) is 11.4 Å². The van der Waals surface area contributed by atoms with Gasteiger partial charge in [0.15, 0.2) is 5.82 Å². The van der Waals surface area contributed by atoms with Gasteiger partial charge < -0.3 is 10.6 Å². The highest BCUT2D eigenvalue weighted by atomic mass is 19.1. The lowest BCUT2D eigenvalue weighted by atomic mass is 10.2. The molecule has 2 rings (SSSR count). The normalized spacial score (nSPS) is 10.5. The summed E-state index contributed by atoms with van der Waals surface area (Å²) in [7, 11) is 0. The number of anilines is 2. The Bertz CT molecular complexity index is 551. The third kappa shape index (κ3) is 2.96. The monoisotopic (exact) mass is 261 g/mol. The van der Waals surface area contributed by atoms with Crippen LogP contribution in [0.25, 0.3) is 11.4 Å². The van der Waals surface area contributed by atoms with Crippen molar-refractivity contribution in [3.63, 3.8) is 0 Å². The summed E-state index contributed by atoms with van der Waals surface area (Å²) in [6.45, 7) is 5.59. The fraction of sp³-hybridized carbons (Fsp3) is 0.308. The minimum Gasteiger partial charge on any atom is -0.368 e. The predicted molar refractivity (Wildman–Crippen MR) is 73.2 cm³/mol. The first kappa shape index (κ1) is 13.2. The van der Waals surface area contributed by atoms with Crippen LogP contribution in [0.1, 0.15) is 13.8 Å². The molecule has 0 saturated carbocycles. The number of nitrogen functional groups attached to an aromatic ring is 1. The molecule has 0 aliphatic rings. The minimum atomic E-state index is -0.297. The van der Waals surface area contributed by atoms with Crippen LogP contribution in [0, 0.1) is 5.82 Å². The zero-order valence-corrected chi connectivity index (χ0v) is 11.0. The molecule has 0 spiro atoms. The smallest absolute Gasteiger partial charge is 0.230 e. The van der Waals surface area contributed by atoms with Crippen molar-refractivity contribution < 1.29 is 4.39 Å². The number of benzene rings is 1. The molecule has 0 radical (unpaired) electrons. The first-order valence-corrected chi connectivity index (χ1v) is 6.16. The van der Waals surface area contributed by atoms with Crippen molar-refractivity contribution >= 4 is 11.9 Å². The largest absolute Gasteiger partial charge is 0.368 e. The van der Waals surface area contributed by atoms with Crippen LogP contribution >= 0.6 is 0 Å². The first-order chi connectivity index (χ1) is 9.13. The number of nitrogens with two attached hydrogens (primary N) is 1. The third-order valence-corrected chi connectivity index (χ3v) is 2.79. The van der Waals surface area contributed by atoms with Gasteiger partial charge in [-0.05, 0) is 38.1 Å². The van der Waals surface area contributed by atoms with Crippen molar-refractivity contribution in [1.29, 1.82) is 0 Å². The van der Waals surface area contributed by atoms with Gasteiger partial charge in [-0.3, -0.25) is 0 Å². The summed E-state index contributed by atoms with van der Waals surface area (Å²) in [6.07, 6.45) is 0. The highest BCUT2D eigenvalue weighted by molar-refractivity contribution is 5.57. The molecule has 1 aromatic heterocycles. The van der Waals surface area contributed by atoms with Crippen molar-refractivity contribution in [2.24, 2.45) is 0 Å². The summed E-state index contributed by atoms with van der Waals surface area (Å²) < 4.78 is 12.9. The van der Waals surface area contributed by atoms with Crippen LogP contribution in [-0.4, -0.2) is 28.0 Å². The molecule has 5 nitrogen and oxygen atoms in total. The molecule has 0 unspecified atom stereocenters. The van der Waals surface area contributed by atoms with Crippen molar-refractivity contribution in [3.05, 3.63) is 30.1 Å². The summed E-state index contributed by atoms with van der Waals surface area (Å²) in [4.78, 5) is 14.6. The van der Waals surface area contributed by atoms with E-state index in [2.05, 4.69) is 15.0 Å². The van der Waals surface area contributed by atoms with E-state index >= 15 is 0 Å². The van der Waals surface area contributed by atoms with E-state index < -0.39 is 0 Å². The second-order valence-corrected chi connectivity index (χ2v) is 4.00. The summed E-state index contributed by atoms with van der Waals surface area (Å²) >= 11 is 0. The number of nitrogens with zero attached hydrogens (tertiary/aromatic N) is 4. The molecule has 0 fully saturated rings. The lowest BCUT2D eigenvalue weighted by Crippen LogP contribution is -2.25. The van der Waals surface area contributed by atoms with Crippen LogP contribution in [0.3, 0.4) is 0 Å². The Morgan fingerprint density at radius 1 is 1.05 bits per heavy atom. The number of aromatic nitrogens is 3. The van der Waals surface area contributed by atoms with Crippen LogP contribution in [0.2, 0.25) is 0 Å². The Kier molecular flexibility index (Phi) is 3.89. The van der Waals surface area contributed by atoms with Gasteiger partial charge in [-0.2, -0.15) is 15.0 Å². The number of hydrogen-bond donors (Lipinski definition) is 1. The van der Waals surface area contributed by atoms with Crippen molar-refractivity contribution in [2.75, 3.05) is 23.7 Å². The Morgan fingerprint density at radius 3 is 2.26 bits per heavy atom. The zero-order chi connectivity index (χ0) is 13.8. The van der Waals surface area contributed by atoms with Gasteiger partial charge in [0.05, 0.1) is 0 Å². The molecule has 1 aromatic carbocycles. The number of rotatable bonds is 4. The maximum Gasteiger partial charge on any atom is 0.230 e. The number of hydrogen-bond acceptors (Lipinski definition) is 5. The fourth-order valence-electron chi connectivity index (χ4n) is 1.76. The van der Waals surface area contributed by atoms with E-state index in [0.29, 0.717) is 17.3 Å². The van der Waals surface area contributed by atoms with E-state index in [0.717, 1.165) is 13.1 Å². The summed E-state index contributed by atoms with van der Waals surface area (Å²) in [5.41, 5.74) is 6.42. The first-order valence-electron chi connectivity index (χ1n) is 6.16. The van der Waals surface area contributed by atoms with Crippen LogP contribution < -0.4 is 10.6 Å². The molecule has 1 heterocycles. The summed E-state index contributed by atoms with van der Waals surface area (Å²) in [5, 5.41) is 0. The van der Waals surface area contributed by atoms with Gasteiger partial charge in [0.2, 0.25) is 11.9 Å². The molecule has 0 amide bonds. The fourth-order valence-corrected chi connectivity index (χ4v) is 1.76. The van der Waals surface area contributed by atoms with Gasteiger partial charge in [-0.1, -0.05) is 0 Å². The molecule has 6 heteroatoms. The summed E-state index contributed by atoms with van der Waals surface area (Å²) in [5.74, 6) is 0.859. The molecular weight excluding hydrogens is 245 g/mol. The Morgan fingerprint density at radius 2 is 1.68 bits per heavy atom. The van der Waals surface area contributed by atoms with Gasteiger partial charge in [0, 0.05) is 18.7 Å². The standard InChI is InChI=1S/C13H16FN5/c1-3-19(4-2)13-17-11(16-12(15)18-13)9-5-7-10(14)8-6-9/h5-8H,3-4H2,1-2H3,(H2,15,16,17,18). The van der Waals surface area contributed by atoms with E-state index in [1.54, 1.807) is 12.1 Å². The Labute approximate surface area is 111 Å². The minimum absolute atomic E-state index is 0.163. The maximum atomic E-state index is 12.9. The van der Waals surface area contributed by atoms with Gasteiger partial charge in [-0.15, -0.1) is 0 Å². The third-order valence-electron chi connectivity index (χ3n) is 2.79. The van der Waals surface area contributed by atoms with E-state index in [4.69, 9.17) is 5.73 Å². The van der Waals surface area contributed by atoms with E-state index in [9.17, 15) is 4.39 Å². The molecule has 0 bridgehead atoms. The molecule has 0 saturated heterocycles. The average molecular weight is 261 g/mol. The van der Waals surface area contributed by atoms with Crippen LogP contribution in [0.5, 0.6) is 0 Å². The van der Waals surface area contributed by atoms with E-state index in [1.165, 1.54) is 12.1 Å². The molecule has 0 aliphatic heterocycles. The number of halogens is 1. The zero-order valence-electron chi connectivity index (χ0n) is 11.0. The quantitative estimate of drug-likeness (QED) is 0.912. The van der Waals surface area contributed by atoms with Gasteiger partial charge in [0.25, 0.3) is 0 Å². The second-order valence-electron chi connectivity index (χ2n) is 4.00. The predicted octanol–water partition coefficient (Wildman–Crippen LogP) is 2.11. The van der Waals surface area contributed by atoms with E-state index in [1.807, 2.05) is 18.7 Å². The van der Waals surface area contributed by atoms with Crippen LogP contribution in [-0.2, 0) is 0 Å². The molecule has 100 valence electrons. The molecular formula is C13H16FN5. The molecule has 2 N–H and O–H groups in total. The van der Waals surface area contributed by atoms with Crippen molar-refractivity contribution in [1.82, 2.24) is 15.0 Å². The lowest BCUT2D eigenvalue weighted by molar-refractivity contribution is 0.628. The molecule has 0 atom stereocenters. The highest BCUT2D eigenvalue weighted by Gasteiger charge is 2.11. The van der Waals surface area contributed by atoms with Crippen molar-refractivity contribution in [2.45, 2.75) is 13.8 Å². The average Bonchev–Trinajstić information content (AvgIpc) is 2.40. The SMILES string of the molecule is CCN(CC)c1nc(N)nc(-c2ccc(F)cc2)n1. The highest BCUT2D eigenvalue weighted by Crippen LogP contribution is 2.18. The van der Waals surface area contributed by atoms with Crippen LogP contribution in [0.4, 0.5) is 16.3 Å². The van der Waals surface area contributed by atoms with Crippen LogP contribution in [0.15, 0.2) is 24.3 Å². The van der Waals surface area contributed by atoms with Gasteiger partial charge >= 0.3 is 0 Å². The molecule has 2 aromatic rings. The molecule has 19 heavy (non-hydrogen) atoms.